The number of carbonyl (C=O) groups excluding carboxylic acids is 2. The molecule has 1 aromatic heterocycles. The first-order chi connectivity index (χ1) is 15.2. The second-order valence-corrected chi connectivity index (χ2v) is 8.28. The van der Waals surface area contributed by atoms with Crippen LogP contribution in [0.25, 0.3) is 20.9 Å². The number of ether oxygens (including phenoxy) is 1. The molecular formula is C27H18O3S. The van der Waals surface area contributed by atoms with Gasteiger partial charge in [0.2, 0.25) is 5.78 Å². The summed E-state index contributed by atoms with van der Waals surface area (Å²) in [6.45, 7) is -0.131. The molecule has 31 heavy (non-hydrogen) atoms. The Labute approximate surface area is 183 Å². The molecule has 5 aromatic rings. The monoisotopic (exact) mass is 422 g/mol. The summed E-state index contributed by atoms with van der Waals surface area (Å²) in [6, 6.07) is 30.4. The standard InChI is InChI=1S/C27H18O3S/c28-23(21-15-14-18-8-4-5-11-20(18)16-21)17-30-26-22-12-6-7-13-24(22)31-27(26)25(29)19-9-2-1-3-10-19/h1-16H,17H2. The van der Waals surface area contributed by atoms with Crippen molar-refractivity contribution < 1.29 is 14.3 Å². The number of hydrogen-bond acceptors (Lipinski definition) is 4. The molecule has 4 heteroatoms. The fraction of sp³-hybridized carbons (Fsp3) is 0.0370. The minimum atomic E-state index is -0.131. The highest BCUT2D eigenvalue weighted by atomic mass is 32.1. The van der Waals surface area contributed by atoms with Crippen LogP contribution in [0.5, 0.6) is 5.75 Å². The van der Waals surface area contributed by atoms with Crippen LogP contribution in [0.15, 0.2) is 97.1 Å². The lowest BCUT2D eigenvalue weighted by Crippen LogP contribution is -2.13. The Morgan fingerprint density at radius 2 is 1.42 bits per heavy atom. The molecule has 4 aromatic carbocycles. The second kappa shape index (κ2) is 8.17. The fourth-order valence-corrected chi connectivity index (χ4v) is 4.73. The highest BCUT2D eigenvalue weighted by molar-refractivity contribution is 7.21. The predicted octanol–water partition coefficient (Wildman–Crippen LogP) is 6.55. The maximum atomic E-state index is 13.1. The molecule has 0 spiro atoms. The van der Waals surface area contributed by atoms with Gasteiger partial charge in [0.15, 0.2) is 12.4 Å². The van der Waals surface area contributed by atoms with Gasteiger partial charge in [0.05, 0.1) is 0 Å². The molecule has 0 aliphatic heterocycles. The minimum Gasteiger partial charge on any atom is -0.483 e. The molecule has 0 saturated heterocycles. The van der Waals surface area contributed by atoms with Gasteiger partial charge in [0, 0.05) is 21.2 Å². The molecule has 0 amide bonds. The van der Waals surface area contributed by atoms with Crippen LogP contribution in [0.4, 0.5) is 0 Å². The van der Waals surface area contributed by atoms with Crippen molar-refractivity contribution in [3.8, 4) is 5.75 Å². The molecule has 0 bridgehead atoms. The van der Waals surface area contributed by atoms with Gasteiger partial charge in [-0.1, -0.05) is 78.9 Å². The van der Waals surface area contributed by atoms with Gasteiger partial charge in [-0.15, -0.1) is 11.3 Å². The van der Waals surface area contributed by atoms with E-state index < -0.39 is 0 Å². The minimum absolute atomic E-state index is 0.102. The van der Waals surface area contributed by atoms with E-state index in [1.807, 2.05) is 84.9 Å². The van der Waals surface area contributed by atoms with Crippen LogP contribution in [-0.4, -0.2) is 18.2 Å². The Morgan fingerprint density at radius 3 is 2.26 bits per heavy atom. The van der Waals surface area contributed by atoms with Crippen molar-refractivity contribution in [3.63, 3.8) is 0 Å². The highest BCUT2D eigenvalue weighted by Gasteiger charge is 2.22. The van der Waals surface area contributed by atoms with Gasteiger partial charge in [-0.25, -0.2) is 0 Å². The van der Waals surface area contributed by atoms with Gasteiger partial charge in [-0.05, 0) is 29.0 Å². The lowest BCUT2D eigenvalue weighted by Gasteiger charge is -2.08. The molecule has 0 aliphatic carbocycles. The molecule has 0 atom stereocenters. The summed E-state index contributed by atoms with van der Waals surface area (Å²) in [4.78, 5) is 26.5. The van der Waals surface area contributed by atoms with Gasteiger partial charge in [0.25, 0.3) is 0 Å². The number of hydrogen-bond donors (Lipinski definition) is 0. The summed E-state index contributed by atoms with van der Waals surface area (Å²) in [5.41, 5.74) is 1.19. The summed E-state index contributed by atoms with van der Waals surface area (Å²) in [6.07, 6.45) is 0. The number of fused-ring (bicyclic) bond motifs is 2. The average molecular weight is 423 g/mol. The predicted molar refractivity (Wildman–Crippen MR) is 125 cm³/mol. The van der Waals surface area contributed by atoms with E-state index in [9.17, 15) is 9.59 Å². The van der Waals surface area contributed by atoms with Crippen LogP contribution in [0.2, 0.25) is 0 Å². The smallest absolute Gasteiger partial charge is 0.206 e. The first-order valence-electron chi connectivity index (χ1n) is 9.97. The Bertz CT molecular complexity index is 1420. The molecule has 1 heterocycles. The van der Waals surface area contributed by atoms with Gasteiger partial charge >= 0.3 is 0 Å². The van der Waals surface area contributed by atoms with Crippen molar-refractivity contribution in [2.24, 2.45) is 0 Å². The van der Waals surface area contributed by atoms with Gasteiger partial charge in [-0.2, -0.15) is 0 Å². The van der Waals surface area contributed by atoms with E-state index in [0.717, 1.165) is 20.9 Å². The van der Waals surface area contributed by atoms with Crippen LogP contribution >= 0.6 is 11.3 Å². The van der Waals surface area contributed by atoms with Gasteiger partial charge in [0.1, 0.15) is 10.6 Å². The van der Waals surface area contributed by atoms with Gasteiger partial charge < -0.3 is 4.74 Å². The van der Waals surface area contributed by atoms with Gasteiger partial charge in [-0.3, -0.25) is 9.59 Å². The van der Waals surface area contributed by atoms with E-state index in [1.165, 1.54) is 11.3 Å². The molecule has 0 saturated carbocycles. The normalized spacial score (nSPS) is 11.0. The van der Waals surface area contributed by atoms with Crippen molar-refractivity contribution in [1.29, 1.82) is 0 Å². The Morgan fingerprint density at radius 1 is 0.710 bits per heavy atom. The topological polar surface area (TPSA) is 43.4 Å². The Balaban J connectivity index is 1.46. The van der Waals surface area contributed by atoms with E-state index in [4.69, 9.17) is 4.74 Å². The maximum Gasteiger partial charge on any atom is 0.206 e. The summed E-state index contributed by atoms with van der Waals surface area (Å²) in [5, 5.41) is 2.94. The van der Waals surface area contributed by atoms with Crippen molar-refractivity contribution in [2.45, 2.75) is 0 Å². The van der Waals surface area contributed by atoms with Crippen LogP contribution < -0.4 is 4.74 Å². The summed E-state index contributed by atoms with van der Waals surface area (Å²) in [7, 11) is 0. The molecule has 0 radical (unpaired) electrons. The molecule has 0 fully saturated rings. The first-order valence-corrected chi connectivity index (χ1v) is 10.8. The molecular weight excluding hydrogens is 404 g/mol. The number of Topliss-reactive ketones (excluding diaryl/α,β-unsaturated/α-hetero) is 1. The van der Waals surface area contributed by atoms with Crippen LogP contribution in [-0.2, 0) is 0 Å². The SMILES string of the molecule is O=C(COc1c(C(=O)c2ccccc2)sc2ccccc12)c1ccc2ccccc2c1. The van der Waals surface area contributed by atoms with E-state index in [2.05, 4.69) is 0 Å². The van der Waals surface area contributed by atoms with Crippen LogP contribution in [0, 0.1) is 0 Å². The quantitative estimate of drug-likeness (QED) is 0.292. The molecule has 5 rings (SSSR count). The van der Waals surface area contributed by atoms with E-state index in [-0.39, 0.29) is 18.2 Å². The number of carbonyl (C=O) groups is 2. The molecule has 0 N–H and O–H groups in total. The number of rotatable bonds is 6. The molecule has 0 unspecified atom stereocenters. The third-order valence-corrected chi connectivity index (χ3v) is 6.36. The van der Waals surface area contributed by atoms with Crippen LogP contribution in [0.3, 0.4) is 0 Å². The Hall–Kier alpha value is -3.76. The number of ketones is 2. The highest BCUT2D eigenvalue weighted by Crippen LogP contribution is 2.39. The molecule has 150 valence electrons. The summed E-state index contributed by atoms with van der Waals surface area (Å²) in [5.74, 6) is 0.248. The first kappa shape index (κ1) is 19.2. The average Bonchev–Trinajstić information content (AvgIpc) is 3.20. The molecule has 3 nitrogen and oxygen atoms in total. The second-order valence-electron chi connectivity index (χ2n) is 7.23. The third kappa shape index (κ3) is 3.74. The molecule has 0 aliphatic rings. The summed E-state index contributed by atoms with van der Waals surface area (Å²) >= 11 is 1.39. The van der Waals surface area contributed by atoms with E-state index >= 15 is 0 Å². The van der Waals surface area contributed by atoms with Crippen LogP contribution in [0.1, 0.15) is 25.6 Å². The lowest BCUT2D eigenvalue weighted by atomic mass is 10.0. The van der Waals surface area contributed by atoms with Crippen molar-refractivity contribution in [3.05, 3.63) is 113 Å². The number of thiophene rings is 1. The lowest BCUT2D eigenvalue weighted by molar-refractivity contribution is 0.0917. The third-order valence-electron chi connectivity index (χ3n) is 5.21. The fourth-order valence-electron chi connectivity index (χ4n) is 3.62. The zero-order chi connectivity index (χ0) is 21.2. The van der Waals surface area contributed by atoms with E-state index in [0.29, 0.717) is 21.8 Å². The van der Waals surface area contributed by atoms with Crippen molar-refractivity contribution in [1.82, 2.24) is 0 Å². The largest absolute Gasteiger partial charge is 0.483 e. The van der Waals surface area contributed by atoms with E-state index in [1.54, 1.807) is 12.1 Å². The number of benzene rings is 4. The zero-order valence-electron chi connectivity index (χ0n) is 16.6. The maximum absolute atomic E-state index is 13.1. The summed E-state index contributed by atoms with van der Waals surface area (Å²) < 4.78 is 6.96. The Kier molecular flexibility index (Phi) is 5.06. The van der Waals surface area contributed by atoms with Crippen molar-refractivity contribution in [2.75, 3.05) is 6.61 Å². The van der Waals surface area contributed by atoms with Crippen molar-refractivity contribution >= 4 is 43.8 Å². The zero-order valence-corrected chi connectivity index (χ0v) is 17.4.